The molecular formula is C17H28IN7S. The summed E-state index contributed by atoms with van der Waals surface area (Å²) in [6, 6.07) is 4.35. The number of guanidine groups is 1. The fourth-order valence-corrected chi connectivity index (χ4v) is 3.78. The van der Waals surface area contributed by atoms with E-state index in [2.05, 4.69) is 47.8 Å². The molecule has 0 bridgehead atoms. The number of nitrogens with zero attached hydrogens (tertiary/aromatic N) is 6. The van der Waals surface area contributed by atoms with Gasteiger partial charge in [-0.05, 0) is 24.3 Å². The molecule has 2 aromatic heterocycles. The molecule has 144 valence electrons. The molecule has 9 heteroatoms. The lowest BCUT2D eigenvalue weighted by atomic mass is 10.3. The molecule has 0 radical (unpaired) electrons. The quantitative estimate of drug-likeness (QED) is 0.280. The summed E-state index contributed by atoms with van der Waals surface area (Å²) in [5.74, 6) is 1.03. The smallest absolute Gasteiger partial charge is 0.193 e. The van der Waals surface area contributed by atoms with Crippen LogP contribution in [0.4, 0.5) is 0 Å². The molecule has 0 spiro atoms. The third-order valence-electron chi connectivity index (χ3n) is 4.44. The standard InChI is InChI=1S/C17H27N7S.HI/c1-18-17(19-6-2-3-7-23-14-20-21-15-23)24-10-8-22(9-11-24)13-16-5-4-12-25-16;/h4-5,12,14-15H,2-3,6-11,13H2,1H3,(H,18,19);1H. The second-order valence-electron chi connectivity index (χ2n) is 6.22. The van der Waals surface area contributed by atoms with Crippen molar-refractivity contribution >= 4 is 41.3 Å². The molecule has 2 aromatic rings. The first kappa shape index (κ1) is 21.1. The van der Waals surface area contributed by atoms with Crippen LogP contribution < -0.4 is 5.32 Å². The Morgan fingerprint density at radius 1 is 1.19 bits per heavy atom. The minimum atomic E-state index is 0. The zero-order chi connectivity index (χ0) is 17.3. The van der Waals surface area contributed by atoms with Gasteiger partial charge in [0, 0.05) is 57.7 Å². The summed E-state index contributed by atoms with van der Waals surface area (Å²) in [4.78, 5) is 10.8. The van der Waals surface area contributed by atoms with Gasteiger partial charge in [-0.3, -0.25) is 9.89 Å². The number of nitrogens with one attached hydrogen (secondary N) is 1. The van der Waals surface area contributed by atoms with Crippen molar-refractivity contribution in [2.24, 2.45) is 4.99 Å². The maximum Gasteiger partial charge on any atom is 0.193 e. The normalized spacial score (nSPS) is 15.7. The van der Waals surface area contributed by atoms with Crippen LogP contribution in [-0.4, -0.2) is 70.3 Å². The zero-order valence-electron chi connectivity index (χ0n) is 15.3. The Kier molecular flexibility index (Phi) is 9.33. The number of piperazine rings is 1. The van der Waals surface area contributed by atoms with Crippen LogP contribution in [0.3, 0.4) is 0 Å². The molecule has 1 fully saturated rings. The van der Waals surface area contributed by atoms with Crippen molar-refractivity contribution in [1.82, 2.24) is 29.9 Å². The van der Waals surface area contributed by atoms with Gasteiger partial charge < -0.3 is 14.8 Å². The van der Waals surface area contributed by atoms with Gasteiger partial charge in [0.05, 0.1) is 0 Å². The summed E-state index contributed by atoms with van der Waals surface area (Å²) >= 11 is 1.84. The predicted molar refractivity (Wildman–Crippen MR) is 117 cm³/mol. The third kappa shape index (κ3) is 6.51. The molecular weight excluding hydrogens is 461 g/mol. The van der Waals surface area contributed by atoms with E-state index in [-0.39, 0.29) is 24.0 Å². The molecule has 0 saturated carbocycles. The molecule has 3 rings (SSSR count). The maximum atomic E-state index is 4.45. The van der Waals surface area contributed by atoms with E-state index in [1.807, 2.05) is 23.0 Å². The van der Waals surface area contributed by atoms with Gasteiger partial charge in [-0.15, -0.1) is 45.5 Å². The lowest BCUT2D eigenvalue weighted by Crippen LogP contribution is -2.52. The number of hydrogen-bond donors (Lipinski definition) is 1. The van der Waals surface area contributed by atoms with Crippen LogP contribution in [0, 0.1) is 0 Å². The predicted octanol–water partition coefficient (Wildman–Crippen LogP) is 2.13. The van der Waals surface area contributed by atoms with E-state index in [0.717, 1.165) is 64.6 Å². The molecule has 0 atom stereocenters. The fourth-order valence-electron chi connectivity index (χ4n) is 3.03. The first-order valence-corrected chi connectivity index (χ1v) is 9.76. The number of halogens is 1. The molecule has 0 amide bonds. The Morgan fingerprint density at radius 2 is 1.96 bits per heavy atom. The zero-order valence-corrected chi connectivity index (χ0v) is 18.4. The molecule has 3 heterocycles. The topological polar surface area (TPSA) is 61.6 Å². The first-order chi connectivity index (χ1) is 12.3. The minimum Gasteiger partial charge on any atom is -0.356 e. The number of thiophene rings is 1. The van der Waals surface area contributed by atoms with E-state index in [1.165, 1.54) is 4.88 Å². The summed E-state index contributed by atoms with van der Waals surface area (Å²) in [5.41, 5.74) is 0. The second kappa shape index (κ2) is 11.5. The highest BCUT2D eigenvalue weighted by molar-refractivity contribution is 14.0. The first-order valence-electron chi connectivity index (χ1n) is 8.88. The van der Waals surface area contributed by atoms with Gasteiger partial charge in [-0.2, -0.15) is 0 Å². The van der Waals surface area contributed by atoms with Crippen LogP contribution >= 0.6 is 35.3 Å². The summed E-state index contributed by atoms with van der Waals surface area (Å²) in [6.45, 7) is 7.23. The Balaban J connectivity index is 0.00000243. The van der Waals surface area contributed by atoms with Gasteiger partial charge in [0.15, 0.2) is 5.96 Å². The van der Waals surface area contributed by atoms with E-state index >= 15 is 0 Å². The maximum absolute atomic E-state index is 4.45. The molecule has 0 aromatic carbocycles. The fraction of sp³-hybridized carbons (Fsp3) is 0.588. The van der Waals surface area contributed by atoms with Gasteiger partial charge in [0.1, 0.15) is 12.7 Å². The second-order valence-corrected chi connectivity index (χ2v) is 7.26. The van der Waals surface area contributed by atoms with E-state index in [0.29, 0.717) is 0 Å². The molecule has 0 unspecified atom stereocenters. The molecule has 1 saturated heterocycles. The summed E-state index contributed by atoms with van der Waals surface area (Å²) in [5, 5.41) is 13.3. The number of rotatable bonds is 7. The Labute approximate surface area is 176 Å². The number of unbranched alkanes of at least 4 members (excludes halogenated alkanes) is 1. The molecule has 1 N–H and O–H groups in total. The lowest BCUT2D eigenvalue weighted by Gasteiger charge is -2.36. The summed E-state index contributed by atoms with van der Waals surface area (Å²) < 4.78 is 2.02. The lowest BCUT2D eigenvalue weighted by molar-refractivity contribution is 0.173. The SMILES string of the molecule is CN=C(NCCCCn1cnnc1)N1CCN(Cc2cccs2)CC1.I. The highest BCUT2D eigenvalue weighted by Gasteiger charge is 2.19. The van der Waals surface area contributed by atoms with E-state index in [1.54, 1.807) is 12.7 Å². The summed E-state index contributed by atoms with van der Waals surface area (Å²) in [6.07, 6.45) is 5.75. The van der Waals surface area contributed by atoms with Gasteiger partial charge in [-0.1, -0.05) is 6.07 Å². The van der Waals surface area contributed by atoms with Gasteiger partial charge in [0.25, 0.3) is 0 Å². The Bertz CT molecular complexity index is 622. The van der Waals surface area contributed by atoms with Crippen LogP contribution in [0.5, 0.6) is 0 Å². The van der Waals surface area contributed by atoms with Crippen molar-refractivity contribution in [3.05, 3.63) is 35.0 Å². The van der Waals surface area contributed by atoms with Gasteiger partial charge in [-0.25, -0.2) is 0 Å². The van der Waals surface area contributed by atoms with Crippen molar-refractivity contribution in [2.45, 2.75) is 25.9 Å². The van der Waals surface area contributed by atoms with Crippen LogP contribution in [-0.2, 0) is 13.1 Å². The van der Waals surface area contributed by atoms with Gasteiger partial charge in [0.2, 0.25) is 0 Å². The van der Waals surface area contributed by atoms with Crippen molar-refractivity contribution in [3.63, 3.8) is 0 Å². The Morgan fingerprint density at radius 3 is 2.62 bits per heavy atom. The molecule has 7 nitrogen and oxygen atoms in total. The third-order valence-corrected chi connectivity index (χ3v) is 5.30. The van der Waals surface area contributed by atoms with E-state index < -0.39 is 0 Å². The van der Waals surface area contributed by atoms with E-state index in [4.69, 9.17) is 0 Å². The van der Waals surface area contributed by atoms with Crippen LogP contribution in [0.15, 0.2) is 35.2 Å². The monoisotopic (exact) mass is 489 g/mol. The highest BCUT2D eigenvalue weighted by atomic mass is 127. The van der Waals surface area contributed by atoms with Crippen molar-refractivity contribution in [2.75, 3.05) is 39.8 Å². The van der Waals surface area contributed by atoms with Crippen molar-refractivity contribution in [3.8, 4) is 0 Å². The molecule has 0 aliphatic carbocycles. The highest BCUT2D eigenvalue weighted by Crippen LogP contribution is 2.13. The van der Waals surface area contributed by atoms with Crippen molar-refractivity contribution in [1.29, 1.82) is 0 Å². The summed E-state index contributed by atoms with van der Waals surface area (Å²) in [7, 11) is 1.87. The van der Waals surface area contributed by atoms with Gasteiger partial charge >= 0.3 is 0 Å². The van der Waals surface area contributed by atoms with Crippen LogP contribution in [0.1, 0.15) is 17.7 Å². The molecule has 1 aliphatic heterocycles. The van der Waals surface area contributed by atoms with Crippen LogP contribution in [0.25, 0.3) is 0 Å². The molecule has 1 aliphatic rings. The number of aromatic nitrogens is 3. The number of hydrogen-bond acceptors (Lipinski definition) is 5. The minimum absolute atomic E-state index is 0. The largest absolute Gasteiger partial charge is 0.356 e. The van der Waals surface area contributed by atoms with Crippen molar-refractivity contribution < 1.29 is 0 Å². The average Bonchev–Trinajstić information content (AvgIpc) is 3.33. The average molecular weight is 489 g/mol. The Hall–Kier alpha value is -1.20. The van der Waals surface area contributed by atoms with Crippen LogP contribution in [0.2, 0.25) is 0 Å². The number of aliphatic imine (C=N–C) groups is 1. The van der Waals surface area contributed by atoms with E-state index in [9.17, 15) is 0 Å². The molecule has 26 heavy (non-hydrogen) atoms. The number of aryl methyl sites for hydroxylation is 1.